The molecule has 6 heteroatoms. The Morgan fingerprint density at radius 2 is 2.05 bits per heavy atom. The van der Waals surface area contributed by atoms with Crippen LogP contribution < -0.4 is 5.32 Å². The maximum atomic E-state index is 12.2. The molecule has 1 aromatic heterocycles. The maximum Gasteiger partial charge on any atom is 0.262 e. The summed E-state index contributed by atoms with van der Waals surface area (Å²) in [7, 11) is 0. The number of fused-ring (bicyclic) bond motifs is 1. The molecule has 1 aliphatic rings. The van der Waals surface area contributed by atoms with Gasteiger partial charge in [-0.1, -0.05) is 6.92 Å². The topological polar surface area (TPSA) is 89.8 Å². The van der Waals surface area contributed by atoms with Crippen molar-refractivity contribution < 1.29 is 20.1 Å². The zero-order valence-corrected chi connectivity index (χ0v) is 12.4. The largest absolute Gasteiger partial charge is 0.394 e. The van der Waals surface area contributed by atoms with Crippen LogP contribution in [0.5, 0.6) is 0 Å². The van der Waals surface area contributed by atoms with E-state index in [1.165, 1.54) is 21.8 Å². The molecule has 1 heterocycles. The van der Waals surface area contributed by atoms with Crippen LogP contribution in [0.2, 0.25) is 0 Å². The van der Waals surface area contributed by atoms with Gasteiger partial charge in [-0.25, -0.2) is 0 Å². The smallest absolute Gasteiger partial charge is 0.262 e. The molecule has 1 aromatic rings. The lowest BCUT2D eigenvalue weighted by atomic mass is 9.90. The molecule has 0 spiro atoms. The van der Waals surface area contributed by atoms with E-state index in [1.807, 2.05) is 6.07 Å². The number of carbonyl (C=O) groups is 1. The van der Waals surface area contributed by atoms with Crippen LogP contribution in [0.4, 0.5) is 0 Å². The Hall–Kier alpha value is -0.950. The molecule has 20 heavy (non-hydrogen) atoms. The molecule has 4 N–H and O–H groups in total. The van der Waals surface area contributed by atoms with E-state index in [2.05, 4.69) is 12.2 Å². The first-order chi connectivity index (χ1) is 9.53. The average molecular weight is 299 g/mol. The number of amides is 1. The van der Waals surface area contributed by atoms with Gasteiger partial charge in [0, 0.05) is 4.88 Å². The molecule has 2 rings (SSSR count). The molecule has 1 atom stereocenters. The van der Waals surface area contributed by atoms with Gasteiger partial charge in [0.25, 0.3) is 5.91 Å². The lowest BCUT2D eigenvalue weighted by molar-refractivity contribution is 0.0377. The van der Waals surface area contributed by atoms with Crippen LogP contribution in [0.25, 0.3) is 0 Å². The van der Waals surface area contributed by atoms with Crippen molar-refractivity contribution in [3.63, 3.8) is 0 Å². The second-order valence-corrected chi connectivity index (χ2v) is 6.75. The highest BCUT2D eigenvalue weighted by molar-refractivity contribution is 7.14. The fraction of sp³-hybridized carbons (Fsp3) is 0.643. The molecular formula is C14H21NO4S. The number of hydrogen-bond donors (Lipinski definition) is 4. The van der Waals surface area contributed by atoms with Crippen LogP contribution in [-0.4, -0.2) is 46.6 Å². The third kappa shape index (κ3) is 3.03. The quantitative estimate of drug-likeness (QED) is 0.630. The molecule has 0 bridgehead atoms. The molecule has 0 aromatic carbocycles. The summed E-state index contributed by atoms with van der Waals surface area (Å²) in [6.07, 6.45) is 3.13. The van der Waals surface area contributed by atoms with Crippen molar-refractivity contribution in [1.29, 1.82) is 0 Å². The van der Waals surface area contributed by atoms with E-state index in [-0.39, 0.29) is 5.91 Å². The second-order valence-electron chi connectivity index (χ2n) is 5.62. The second kappa shape index (κ2) is 6.22. The molecule has 0 radical (unpaired) electrons. The third-order valence-corrected chi connectivity index (χ3v) is 5.08. The minimum absolute atomic E-state index is 0.353. The zero-order valence-electron chi connectivity index (χ0n) is 11.6. The van der Waals surface area contributed by atoms with Crippen LogP contribution >= 0.6 is 11.3 Å². The number of nitrogens with one attached hydrogen (secondary N) is 1. The summed E-state index contributed by atoms with van der Waals surface area (Å²) in [6, 6.07) is 1.89. The first-order valence-corrected chi connectivity index (χ1v) is 7.62. The Labute approximate surface area is 122 Å². The summed E-state index contributed by atoms with van der Waals surface area (Å²) < 4.78 is 0. The highest BCUT2D eigenvalue weighted by atomic mass is 32.1. The number of rotatable bonds is 5. The normalized spacial score (nSPS) is 18.7. The summed E-state index contributed by atoms with van der Waals surface area (Å²) >= 11 is 1.46. The SMILES string of the molecule is CC1CCc2sc(C(=O)NC(CO)(CO)CO)cc2C1. The van der Waals surface area contributed by atoms with Crippen molar-refractivity contribution in [2.24, 2.45) is 5.92 Å². The van der Waals surface area contributed by atoms with Gasteiger partial charge in [-0.05, 0) is 36.8 Å². The number of aliphatic hydroxyl groups excluding tert-OH is 3. The van der Waals surface area contributed by atoms with E-state index >= 15 is 0 Å². The van der Waals surface area contributed by atoms with Crippen molar-refractivity contribution in [2.45, 2.75) is 31.7 Å². The van der Waals surface area contributed by atoms with E-state index < -0.39 is 25.4 Å². The van der Waals surface area contributed by atoms with Gasteiger partial charge in [0.05, 0.1) is 24.7 Å². The highest BCUT2D eigenvalue weighted by Crippen LogP contribution is 2.32. The Morgan fingerprint density at radius 1 is 1.40 bits per heavy atom. The number of thiophene rings is 1. The fourth-order valence-electron chi connectivity index (χ4n) is 2.39. The van der Waals surface area contributed by atoms with Crippen LogP contribution in [-0.2, 0) is 12.8 Å². The molecule has 0 aliphatic heterocycles. The number of aliphatic hydroxyl groups is 3. The molecule has 0 saturated carbocycles. The molecule has 1 unspecified atom stereocenters. The Morgan fingerprint density at radius 3 is 2.65 bits per heavy atom. The molecule has 0 fully saturated rings. The lowest BCUT2D eigenvalue weighted by Crippen LogP contribution is -2.56. The van der Waals surface area contributed by atoms with Gasteiger partial charge in [0.15, 0.2) is 0 Å². The Balaban J connectivity index is 2.14. The Kier molecular flexibility index (Phi) is 4.80. The number of hydrogen-bond acceptors (Lipinski definition) is 5. The minimum atomic E-state index is -1.37. The van der Waals surface area contributed by atoms with Crippen LogP contribution in [0.1, 0.15) is 33.5 Å². The van der Waals surface area contributed by atoms with Gasteiger partial charge in [0.1, 0.15) is 5.54 Å². The molecule has 112 valence electrons. The minimum Gasteiger partial charge on any atom is -0.394 e. The monoisotopic (exact) mass is 299 g/mol. The fourth-order valence-corrected chi connectivity index (χ4v) is 3.49. The molecule has 0 saturated heterocycles. The van der Waals surface area contributed by atoms with Gasteiger partial charge >= 0.3 is 0 Å². The van der Waals surface area contributed by atoms with Crippen molar-refractivity contribution >= 4 is 17.2 Å². The van der Waals surface area contributed by atoms with Gasteiger partial charge in [-0.2, -0.15) is 0 Å². The van der Waals surface area contributed by atoms with E-state index in [9.17, 15) is 20.1 Å². The summed E-state index contributed by atoms with van der Waals surface area (Å²) in [5.74, 6) is 0.286. The standard InChI is InChI=1S/C14H21NO4S/c1-9-2-3-11-10(4-9)5-12(20-11)13(19)15-14(6-16,7-17)8-18/h5,9,16-18H,2-4,6-8H2,1H3,(H,15,19). The van der Waals surface area contributed by atoms with E-state index in [0.717, 1.165) is 19.3 Å². The number of carbonyl (C=O) groups excluding carboxylic acids is 1. The Bertz CT molecular complexity index is 473. The summed E-state index contributed by atoms with van der Waals surface area (Å²) in [4.78, 5) is 14.0. The van der Waals surface area contributed by atoms with Crippen molar-refractivity contribution in [3.8, 4) is 0 Å². The van der Waals surface area contributed by atoms with Gasteiger partial charge < -0.3 is 20.6 Å². The molecular weight excluding hydrogens is 278 g/mol. The first-order valence-electron chi connectivity index (χ1n) is 6.80. The van der Waals surface area contributed by atoms with Crippen LogP contribution in [0.3, 0.4) is 0 Å². The van der Waals surface area contributed by atoms with Crippen molar-refractivity contribution in [3.05, 3.63) is 21.4 Å². The van der Waals surface area contributed by atoms with E-state index in [0.29, 0.717) is 10.8 Å². The highest BCUT2D eigenvalue weighted by Gasteiger charge is 2.31. The zero-order chi connectivity index (χ0) is 14.8. The molecule has 1 aliphatic carbocycles. The maximum absolute atomic E-state index is 12.2. The van der Waals surface area contributed by atoms with Crippen LogP contribution in [0, 0.1) is 5.92 Å². The summed E-state index contributed by atoms with van der Waals surface area (Å²) in [5.41, 5.74) is -0.143. The van der Waals surface area contributed by atoms with E-state index in [1.54, 1.807) is 0 Å². The van der Waals surface area contributed by atoms with E-state index in [4.69, 9.17) is 0 Å². The van der Waals surface area contributed by atoms with Gasteiger partial charge in [0.2, 0.25) is 0 Å². The van der Waals surface area contributed by atoms with Crippen molar-refractivity contribution in [2.75, 3.05) is 19.8 Å². The summed E-state index contributed by atoms with van der Waals surface area (Å²) in [5, 5.41) is 30.3. The predicted octanol–water partition coefficient (Wildman–Crippen LogP) is 0.318. The number of aryl methyl sites for hydroxylation is 1. The van der Waals surface area contributed by atoms with Gasteiger partial charge in [-0.15, -0.1) is 11.3 Å². The predicted molar refractivity (Wildman–Crippen MR) is 77.0 cm³/mol. The van der Waals surface area contributed by atoms with Crippen LogP contribution in [0.15, 0.2) is 6.07 Å². The average Bonchev–Trinajstić information content (AvgIpc) is 2.88. The van der Waals surface area contributed by atoms with Crippen molar-refractivity contribution in [1.82, 2.24) is 5.32 Å². The first kappa shape index (κ1) is 15.4. The molecule has 5 nitrogen and oxygen atoms in total. The lowest BCUT2D eigenvalue weighted by Gasteiger charge is -2.28. The third-order valence-electron chi connectivity index (χ3n) is 3.84. The molecule has 1 amide bonds. The van der Waals surface area contributed by atoms with Gasteiger partial charge in [-0.3, -0.25) is 4.79 Å². The summed E-state index contributed by atoms with van der Waals surface area (Å²) in [6.45, 7) is 0.685.